The van der Waals surface area contributed by atoms with Gasteiger partial charge in [-0.2, -0.15) is 0 Å². The standard InChI is InChI=1S/C18H22ClN3O3/c1-3-7-22(8-4-2)16(23)11-21-17-13-9-12(19)5-6-15(13)20-10-14(17)18(24)25/h5-6,9-10H,3-4,7-8,11H2,1-2H3,(H,20,21)(H,24,25). The zero-order valence-electron chi connectivity index (χ0n) is 14.4. The largest absolute Gasteiger partial charge is 0.478 e. The summed E-state index contributed by atoms with van der Waals surface area (Å²) in [6, 6.07) is 5.06. The Hall–Kier alpha value is -2.34. The van der Waals surface area contributed by atoms with Crippen molar-refractivity contribution in [1.82, 2.24) is 9.88 Å². The minimum absolute atomic E-state index is 0.0140. The van der Waals surface area contributed by atoms with E-state index in [-0.39, 0.29) is 18.0 Å². The normalized spacial score (nSPS) is 10.7. The fourth-order valence-corrected chi connectivity index (χ4v) is 2.87. The number of amides is 1. The molecular formula is C18H22ClN3O3. The van der Waals surface area contributed by atoms with Crippen molar-refractivity contribution in [3.05, 3.63) is 35.0 Å². The second-order valence-corrected chi connectivity index (χ2v) is 6.18. The lowest BCUT2D eigenvalue weighted by Gasteiger charge is -2.22. The van der Waals surface area contributed by atoms with Crippen molar-refractivity contribution in [2.24, 2.45) is 0 Å². The number of aromatic nitrogens is 1. The van der Waals surface area contributed by atoms with Gasteiger partial charge in [0.05, 0.1) is 17.7 Å². The molecule has 1 heterocycles. The highest BCUT2D eigenvalue weighted by molar-refractivity contribution is 6.31. The minimum atomic E-state index is -1.11. The number of hydrogen-bond donors (Lipinski definition) is 2. The van der Waals surface area contributed by atoms with Crippen molar-refractivity contribution < 1.29 is 14.7 Å². The van der Waals surface area contributed by atoms with Crippen LogP contribution >= 0.6 is 11.6 Å². The molecule has 0 aliphatic rings. The third-order valence-corrected chi connectivity index (χ3v) is 4.05. The smallest absolute Gasteiger partial charge is 0.339 e. The number of rotatable bonds is 8. The van der Waals surface area contributed by atoms with Crippen LogP contribution in [0.4, 0.5) is 5.69 Å². The van der Waals surface area contributed by atoms with Gasteiger partial charge < -0.3 is 15.3 Å². The van der Waals surface area contributed by atoms with E-state index < -0.39 is 5.97 Å². The number of carbonyl (C=O) groups is 2. The van der Waals surface area contributed by atoms with Crippen molar-refractivity contribution in [2.45, 2.75) is 26.7 Å². The van der Waals surface area contributed by atoms with Gasteiger partial charge in [0.2, 0.25) is 5.91 Å². The van der Waals surface area contributed by atoms with Crippen LogP contribution in [0.15, 0.2) is 24.4 Å². The van der Waals surface area contributed by atoms with Gasteiger partial charge in [-0.3, -0.25) is 9.78 Å². The van der Waals surface area contributed by atoms with Crippen LogP contribution in [-0.4, -0.2) is 46.5 Å². The first-order valence-corrected chi connectivity index (χ1v) is 8.68. The molecule has 0 saturated heterocycles. The zero-order chi connectivity index (χ0) is 18.4. The number of aromatic carboxylic acids is 1. The average Bonchev–Trinajstić information content (AvgIpc) is 2.58. The number of pyridine rings is 1. The number of carboxylic acids is 1. The first kappa shape index (κ1) is 19.0. The van der Waals surface area contributed by atoms with Gasteiger partial charge in [0.25, 0.3) is 0 Å². The number of fused-ring (bicyclic) bond motifs is 1. The Morgan fingerprint density at radius 3 is 2.52 bits per heavy atom. The molecule has 0 spiro atoms. The van der Waals surface area contributed by atoms with Crippen molar-refractivity contribution >= 4 is 40.1 Å². The monoisotopic (exact) mass is 363 g/mol. The molecule has 0 saturated carbocycles. The fraction of sp³-hybridized carbons (Fsp3) is 0.389. The van der Waals surface area contributed by atoms with Crippen LogP contribution in [0.25, 0.3) is 10.9 Å². The lowest BCUT2D eigenvalue weighted by molar-refractivity contribution is -0.129. The number of anilines is 1. The molecule has 0 fully saturated rings. The van der Waals surface area contributed by atoms with Gasteiger partial charge in [0.15, 0.2) is 0 Å². The van der Waals surface area contributed by atoms with E-state index in [1.54, 1.807) is 23.1 Å². The Morgan fingerprint density at radius 1 is 1.24 bits per heavy atom. The van der Waals surface area contributed by atoms with Crippen molar-refractivity contribution in [1.29, 1.82) is 0 Å². The molecule has 0 bridgehead atoms. The van der Waals surface area contributed by atoms with E-state index in [2.05, 4.69) is 10.3 Å². The highest BCUT2D eigenvalue weighted by atomic mass is 35.5. The van der Waals surface area contributed by atoms with E-state index in [0.717, 1.165) is 12.8 Å². The summed E-state index contributed by atoms with van der Waals surface area (Å²) in [4.78, 5) is 29.9. The maximum Gasteiger partial charge on any atom is 0.339 e. The molecule has 1 amide bonds. The summed E-state index contributed by atoms with van der Waals surface area (Å²) in [5.41, 5.74) is 0.990. The first-order chi connectivity index (χ1) is 12.0. The molecular weight excluding hydrogens is 342 g/mol. The molecule has 2 aromatic rings. The quantitative estimate of drug-likeness (QED) is 0.748. The third-order valence-electron chi connectivity index (χ3n) is 3.82. The summed E-state index contributed by atoms with van der Waals surface area (Å²) in [7, 11) is 0. The molecule has 2 rings (SSSR count). The highest BCUT2D eigenvalue weighted by Gasteiger charge is 2.17. The van der Waals surface area contributed by atoms with Crippen molar-refractivity contribution in [2.75, 3.05) is 25.0 Å². The van der Waals surface area contributed by atoms with Gasteiger partial charge in [0, 0.05) is 29.7 Å². The molecule has 0 atom stereocenters. The highest BCUT2D eigenvalue weighted by Crippen LogP contribution is 2.28. The van der Waals surface area contributed by atoms with E-state index in [1.807, 2.05) is 13.8 Å². The predicted molar refractivity (Wildman–Crippen MR) is 99.4 cm³/mol. The SMILES string of the molecule is CCCN(CCC)C(=O)CNc1c(C(=O)O)cnc2ccc(Cl)cc12. The van der Waals surface area contributed by atoms with Crippen LogP contribution in [0.2, 0.25) is 5.02 Å². The third kappa shape index (κ3) is 4.60. The van der Waals surface area contributed by atoms with Gasteiger partial charge >= 0.3 is 5.97 Å². The Labute approximate surface area is 151 Å². The van der Waals surface area contributed by atoms with Gasteiger partial charge in [-0.1, -0.05) is 25.4 Å². The van der Waals surface area contributed by atoms with Gasteiger partial charge in [0.1, 0.15) is 5.56 Å². The maximum atomic E-state index is 12.5. The van der Waals surface area contributed by atoms with Crippen molar-refractivity contribution in [3.63, 3.8) is 0 Å². The van der Waals surface area contributed by atoms with Crippen LogP contribution in [-0.2, 0) is 4.79 Å². The second-order valence-electron chi connectivity index (χ2n) is 5.75. The van der Waals surface area contributed by atoms with Gasteiger partial charge in [-0.15, -0.1) is 0 Å². The van der Waals surface area contributed by atoms with Gasteiger partial charge in [-0.25, -0.2) is 4.79 Å². The van der Waals surface area contributed by atoms with E-state index in [9.17, 15) is 14.7 Å². The van der Waals surface area contributed by atoms with Crippen LogP contribution < -0.4 is 5.32 Å². The van der Waals surface area contributed by atoms with E-state index in [4.69, 9.17) is 11.6 Å². The molecule has 0 aliphatic carbocycles. The molecule has 2 N–H and O–H groups in total. The van der Waals surface area contributed by atoms with E-state index in [0.29, 0.717) is 34.7 Å². The number of hydrogen-bond acceptors (Lipinski definition) is 4. The average molecular weight is 364 g/mol. The molecule has 25 heavy (non-hydrogen) atoms. The number of nitrogens with one attached hydrogen (secondary N) is 1. The maximum absolute atomic E-state index is 12.5. The summed E-state index contributed by atoms with van der Waals surface area (Å²) >= 11 is 6.04. The number of nitrogens with zero attached hydrogens (tertiary/aromatic N) is 2. The summed E-state index contributed by atoms with van der Waals surface area (Å²) in [6.45, 7) is 5.42. The molecule has 1 aromatic carbocycles. The fourth-order valence-electron chi connectivity index (χ4n) is 2.69. The van der Waals surface area contributed by atoms with Crippen LogP contribution in [0, 0.1) is 0 Å². The number of carbonyl (C=O) groups excluding carboxylic acids is 1. The Kier molecular flexibility index (Phi) is 6.58. The Morgan fingerprint density at radius 2 is 1.92 bits per heavy atom. The summed E-state index contributed by atoms with van der Waals surface area (Å²) < 4.78 is 0. The molecule has 0 unspecified atom stereocenters. The van der Waals surface area contributed by atoms with Crippen LogP contribution in [0.5, 0.6) is 0 Å². The summed E-state index contributed by atoms with van der Waals surface area (Å²) in [5, 5.41) is 13.5. The lowest BCUT2D eigenvalue weighted by atomic mass is 10.1. The van der Waals surface area contributed by atoms with Gasteiger partial charge in [-0.05, 0) is 31.0 Å². The second kappa shape index (κ2) is 8.67. The molecule has 7 heteroatoms. The first-order valence-electron chi connectivity index (χ1n) is 8.31. The predicted octanol–water partition coefficient (Wildman–Crippen LogP) is 3.65. The Bertz CT molecular complexity index is 773. The van der Waals surface area contributed by atoms with Crippen LogP contribution in [0.3, 0.4) is 0 Å². The minimum Gasteiger partial charge on any atom is -0.478 e. The van der Waals surface area contributed by atoms with E-state index >= 15 is 0 Å². The number of benzene rings is 1. The van der Waals surface area contributed by atoms with Crippen molar-refractivity contribution in [3.8, 4) is 0 Å². The van der Waals surface area contributed by atoms with Crippen LogP contribution in [0.1, 0.15) is 37.0 Å². The number of carboxylic acid groups (broad SMARTS) is 1. The molecule has 134 valence electrons. The molecule has 0 radical (unpaired) electrons. The topological polar surface area (TPSA) is 82.5 Å². The lowest BCUT2D eigenvalue weighted by Crippen LogP contribution is -2.36. The molecule has 1 aromatic heterocycles. The Balaban J connectivity index is 2.32. The summed E-state index contributed by atoms with van der Waals surface area (Å²) in [6.07, 6.45) is 3.04. The zero-order valence-corrected chi connectivity index (χ0v) is 15.1. The van der Waals surface area contributed by atoms with E-state index in [1.165, 1.54) is 6.20 Å². The summed E-state index contributed by atoms with van der Waals surface area (Å²) in [5.74, 6) is -1.17. The molecule has 0 aliphatic heterocycles. The number of halogens is 1. The molecule has 6 nitrogen and oxygen atoms in total.